The van der Waals surface area contributed by atoms with Gasteiger partial charge in [-0.2, -0.15) is 9.40 Å². The molecule has 0 aromatic carbocycles. The number of hydrogen-bond acceptors (Lipinski definition) is 5. The minimum absolute atomic E-state index is 0.0705. The van der Waals surface area contributed by atoms with Crippen molar-refractivity contribution in [2.45, 2.75) is 24.8 Å². The van der Waals surface area contributed by atoms with E-state index in [4.69, 9.17) is 5.73 Å². The first-order chi connectivity index (χ1) is 9.41. The van der Waals surface area contributed by atoms with Crippen molar-refractivity contribution in [3.8, 4) is 0 Å². The lowest BCUT2D eigenvalue weighted by Crippen LogP contribution is -2.35. The van der Waals surface area contributed by atoms with Crippen LogP contribution >= 0.6 is 11.3 Å². The summed E-state index contributed by atoms with van der Waals surface area (Å²) in [7, 11) is -1.90. The topological polar surface area (TPSA) is 81.2 Å². The van der Waals surface area contributed by atoms with Crippen molar-refractivity contribution in [2.75, 3.05) is 12.3 Å². The highest BCUT2D eigenvalue weighted by atomic mass is 32.2. The van der Waals surface area contributed by atoms with Crippen LogP contribution in [0.25, 0.3) is 0 Å². The molecule has 2 aromatic rings. The molecule has 0 aliphatic carbocycles. The Morgan fingerprint density at radius 2 is 2.20 bits per heavy atom. The SMILES string of the molecule is Cc1c(S(=O)(=O)N2CCc3sccc3C2)c(N)nn1C. The van der Waals surface area contributed by atoms with Gasteiger partial charge < -0.3 is 5.73 Å². The summed E-state index contributed by atoms with van der Waals surface area (Å²) in [5.74, 6) is 0.0705. The molecular weight excluding hydrogens is 296 g/mol. The molecule has 0 radical (unpaired) electrons. The lowest BCUT2D eigenvalue weighted by atomic mass is 10.1. The molecule has 0 bridgehead atoms. The minimum Gasteiger partial charge on any atom is -0.381 e. The van der Waals surface area contributed by atoms with Crippen LogP contribution in [0.5, 0.6) is 0 Å². The second kappa shape index (κ2) is 4.57. The van der Waals surface area contributed by atoms with Crippen molar-refractivity contribution in [1.29, 1.82) is 0 Å². The van der Waals surface area contributed by atoms with Crippen LogP contribution in [0.15, 0.2) is 16.3 Å². The highest BCUT2D eigenvalue weighted by Gasteiger charge is 2.33. The second-order valence-electron chi connectivity index (χ2n) is 4.88. The zero-order valence-corrected chi connectivity index (χ0v) is 13.0. The van der Waals surface area contributed by atoms with E-state index >= 15 is 0 Å². The Kier molecular flexibility index (Phi) is 3.11. The molecule has 6 nitrogen and oxygen atoms in total. The van der Waals surface area contributed by atoms with Gasteiger partial charge in [-0.25, -0.2) is 8.42 Å². The van der Waals surface area contributed by atoms with Gasteiger partial charge in [-0.3, -0.25) is 4.68 Å². The average Bonchev–Trinajstić information content (AvgIpc) is 2.94. The molecule has 0 spiro atoms. The standard InChI is InChI=1S/C12H16N4O2S2/c1-8-11(12(13)14-15(8)2)20(17,18)16-5-3-10-9(7-16)4-6-19-10/h4,6H,3,5,7H2,1-2H3,(H2,13,14). The molecule has 1 aliphatic rings. The Morgan fingerprint density at radius 1 is 1.45 bits per heavy atom. The lowest BCUT2D eigenvalue weighted by molar-refractivity contribution is 0.394. The maximum absolute atomic E-state index is 12.8. The molecule has 108 valence electrons. The van der Waals surface area contributed by atoms with Gasteiger partial charge in [0.05, 0.1) is 5.69 Å². The minimum atomic E-state index is -3.59. The zero-order valence-electron chi connectivity index (χ0n) is 11.3. The van der Waals surface area contributed by atoms with Crippen molar-refractivity contribution in [3.63, 3.8) is 0 Å². The molecule has 3 rings (SSSR count). The van der Waals surface area contributed by atoms with Gasteiger partial charge in [-0.05, 0) is 30.4 Å². The number of nitrogens with two attached hydrogens (primary N) is 1. The fraction of sp³-hybridized carbons (Fsp3) is 0.417. The Bertz CT molecular complexity index is 761. The van der Waals surface area contributed by atoms with Crippen molar-refractivity contribution in [2.24, 2.45) is 7.05 Å². The largest absolute Gasteiger partial charge is 0.381 e. The van der Waals surface area contributed by atoms with Crippen LogP contribution in [0.2, 0.25) is 0 Å². The quantitative estimate of drug-likeness (QED) is 0.901. The number of aryl methyl sites for hydroxylation is 1. The first-order valence-corrected chi connectivity index (χ1v) is 8.57. The smallest absolute Gasteiger partial charge is 0.248 e. The highest BCUT2D eigenvalue weighted by Crippen LogP contribution is 2.31. The Hall–Kier alpha value is -1.38. The summed E-state index contributed by atoms with van der Waals surface area (Å²) in [6.45, 7) is 2.62. The van der Waals surface area contributed by atoms with Crippen molar-refractivity contribution in [3.05, 3.63) is 27.6 Å². The van der Waals surface area contributed by atoms with Crippen molar-refractivity contribution >= 4 is 27.2 Å². The van der Waals surface area contributed by atoms with Crippen LogP contribution in [-0.4, -0.2) is 29.0 Å². The molecule has 2 aromatic heterocycles. The maximum Gasteiger partial charge on any atom is 0.248 e. The van der Waals surface area contributed by atoms with Crippen LogP contribution in [0, 0.1) is 6.92 Å². The van der Waals surface area contributed by atoms with E-state index in [9.17, 15) is 8.42 Å². The summed E-state index contributed by atoms with van der Waals surface area (Å²) in [5.41, 5.74) is 7.43. The second-order valence-corrected chi connectivity index (χ2v) is 7.76. The summed E-state index contributed by atoms with van der Waals surface area (Å²) < 4.78 is 28.5. The molecule has 1 aliphatic heterocycles. The molecule has 0 saturated heterocycles. The number of rotatable bonds is 2. The number of fused-ring (bicyclic) bond motifs is 1. The maximum atomic E-state index is 12.8. The van der Waals surface area contributed by atoms with Crippen LogP contribution in [0.4, 0.5) is 5.82 Å². The summed E-state index contributed by atoms with van der Waals surface area (Å²) >= 11 is 1.68. The Labute approximate surface area is 121 Å². The summed E-state index contributed by atoms with van der Waals surface area (Å²) in [4.78, 5) is 1.41. The van der Waals surface area contributed by atoms with E-state index in [1.165, 1.54) is 13.9 Å². The number of anilines is 1. The lowest BCUT2D eigenvalue weighted by Gasteiger charge is -2.26. The van der Waals surface area contributed by atoms with Gasteiger partial charge in [-0.15, -0.1) is 11.3 Å². The zero-order chi connectivity index (χ0) is 14.5. The van der Waals surface area contributed by atoms with Crippen LogP contribution < -0.4 is 5.73 Å². The third-order valence-electron chi connectivity index (χ3n) is 3.67. The summed E-state index contributed by atoms with van der Waals surface area (Å²) in [5, 5.41) is 6.00. The van der Waals surface area contributed by atoms with Crippen molar-refractivity contribution in [1.82, 2.24) is 14.1 Å². The first kappa shape index (κ1) is 13.6. The monoisotopic (exact) mass is 312 g/mol. The van der Waals surface area contributed by atoms with E-state index in [0.29, 0.717) is 18.8 Å². The first-order valence-electron chi connectivity index (χ1n) is 6.25. The van der Waals surface area contributed by atoms with E-state index in [0.717, 1.165) is 12.0 Å². The molecule has 2 N–H and O–H groups in total. The number of hydrogen-bond donors (Lipinski definition) is 1. The van der Waals surface area contributed by atoms with Gasteiger partial charge >= 0.3 is 0 Å². The average molecular weight is 312 g/mol. The molecule has 0 unspecified atom stereocenters. The molecule has 3 heterocycles. The van der Waals surface area contributed by atoms with Gasteiger partial charge in [0.15, 0.2) is 5.82 Å². The molecule has 0 saturated carbocycles. The van der Waals surface area contributed by atoms with E-state index in [2.05, 4.69) is 5.10 Å². The predicted molar refractivity (Wildman–Crippen MR) is 78.0 cm³/mol. The van der Waals surface area contributed by atoms with E-state index in [1.807, 2.05) is 11.4 Å². The van der Waals surface area contributed by atoms with Crippen LogP contribution in [0.1, 0.15) is 16.1 Å². The highest BCUT2D eigenvalue weighted by molar-refractivity contribution is 7.89. The number of thiophene rings is 1. The van der Waals surface area contributed by atoms with Gasteiger partial charge in [0.1, 0.15) is 4.90 Å². The molecule has 20 heavy (non-hydrogen) atoms. The Morgan fingerprint density at radius 3 is 2.85 bits per heavy atom. The van der Waals surface area contributed by atoms with E-state index < -0.39 is 10.0 Å². The van der Waals surface area contributed by atoms with Crippen LogP contribution in [-0.2, 0) is 30.0 Å². The van der Waals surface area contributed by atoms with E-state index in [-0.39, 0.29) is 10.7 Å². The van der Waals surface area contributed by atoms with Crippen molar-refractivity contribution < 1.29 is 8.42 Å². The number of nitrogens with zero attached hydrogens (tertiary/aromatic N) is 3. The molecular formula is C12H16N4O2S2. The number of nitrogen functional groups attached to an aromatic ring is 1. The fourth-order valence-corrected chi connectivity index (χ4v) is 5.09. The van der Waals surface area contributed by atoms with Gasteiger partial charge in [-0.1, -0.05) is 0 Å². The summed E-state index contributed by atoms with van der Waals surface area (Å²) in [6, 6.07) is 1.99. The molecule has 0 atom stereocenters. The third-order valence-corrected chi connectivity index (χ3v) is 6.71. The molecule has 0 amide bonds. The van der Waals surface area contributed by atoms with Gasteiger partial charge in [0.25, 0.3) is 0 Å². The Balaban J connectivity index is 2.01. The number of aromatic nitrogens is 2. The van der Waals surface area contributed by atoms with Crippen LogP contribution in [0.3, 0.4) is 0 Å². The fourth-order valence-electron chi connectivity index (χ4n) is 2.49. The third kappa shape index (κ3) is 1.95. The summed E-state index contributed by atoms with van der Waals surface area (Å²) in [6.07, 6.45) is 0.755. The number of sulfonamides is 1. The molecule has 8 heteroatoms. The predicted octanol–water partition coefficient (Wildman–Crippen LogP) is 1.12. The van der Waals surface area contributed by atoms with E-state index in [1.54, 1.807) is 25.3 Å². The van der Waals surface area contributed by atoms with Gasteiger partial charge in [0, 0.05) is 25.0 Å². The molecule has 0 fully saturated rings. The van der Waals surface area contributed by atoms with Gasteiger partial charge in [0.2, 0.25) is 10.0 Å². The normalized spacial score (nSPS) is 16.3.